The molecular weight excluding hydrogens is 216 g/mol. The Morgan fingerprint density at radius 2 is 2.18 bits per heavy atom. The summed E-state index contributed by atoms with van der Waals surface area (Å²) in [5.41, 5.74) is 5.44. The highest BCUT2D eigenvalue weighted by Crippen LogP contribution is 2.36. The first-order chi connectivity index (χ1) is 8.11. The Bertz CT molecular complexity index is 313. The minimum absolute atomic E-state index is 0.118. The van der Waals surface area contributed by atoms with E-state index in [0.717, 1.165) is 25.8 Å². The average molecular weight is 238 g/mol. The number of primary amides is 1. The first kappa shape index (κ1) is 12.4. The van der Waals surface area contributed by atoms with E-state index in [-0.39, 0.29) is 17.9 Å². The van der Waals surface area contributed by atoms with Crippen molar-refractivity contribution in [3.8, 4) is 0 Å². The van der Waals surface area contributed by atoms with E-state index in [1.165, 1.54) is 12.8 Å². The van der Waals surface area contributed by atoms with Crippen LogP contribution in [0.15, 0.2) is 0 Å². The second-order valence-electron chi connectivity index (χ2n) is 5.50. The molecule has 1 heterocycles. The third kappa shape index (κ3) is 2.99. The van der Waals surface area contributed by atoms with Crippen LogP contribution in [0.1, 0.15) is 45.4 Å². The van der Waals surface area contributed by atoms with Crippen LogP contribution >= 0.6 is 0 Å². The molecule has 1 saturated heterocycles. The summed E-state index contributed by atoms with van der Waals surface area (Å²) < 4.78 is 0. The Morgan fingerprint density at radius 1 is 1.47 bits per heavy atom. The molecule has 0 aromatic rings. The maximum atomic E-state index is 11.9. The topological polar surface area (TPSA) is 63.4 Å². The number of hydrogen-bond donors (Lipinski definition) is 1. The van der Waals surface area contributed by atoms with Crippen molar-refractivity contribution in [1.82, 2.24) is 4.90 Å². The third-order valence-corrected chi connectivity index (χ3v) is 3.89. The van der Waals surface area contributed by atoms with Crippen LogP contribution in [0.5, 0.6) is 0 Å². The molecule has 1 saturated carbocycles. The standard InChI is InChI=1S/C13H22N2O2/c1-2-3-10-7-12(16)15(8-10)11(13(14)17)6-9-4-5-9/h9-11H,2-8H2,1H3,(H2,14,17). The second-order valence-corrected chi connectivity index (χ2v) is 5.50. The second kappa shape index (κ2) is 5.07. The molecule has 0 aromatic heterocycles. The number of amides is 2. The molecule has 1 aliphatic carbocycles. The van der Waals surface area contributed by atoms with Gasteiger partial charge in [-0.15, -0.1) is 0 Å². The molecular formula is C13H22N2O2. The van der Waals surface area contributed by atoms with Gasteiger partial charge >= 0.3 is 0 Å². The zero-order valence-electron chi connectivity index (χ0n) is 10.5. The Labute approximate surface area is 103 Å². The Hall–Kier alpha value is -1.06. The molecule has 2 unspecified atom stereocenters. The zero-order chi connectivity index (χ0) is 12.4. The Balaban J connectivity index is 1.97. The summed E-state index contributed by atoms with van der Waals surface area (Å²) in [7, 11) is 0. The van der Waals surface area contributed by atoms with Crippen molar-refractivity contribution in [1.29, 1.82) is 0 Å². The number of rotatable bonds is 6. The van der Waals surface area contributed by atoms with Gasteiger partial charge in [0.1, 0.15) is 6.04 Å². The SMILES string of the molecule is CCCC1CC(=O)N(C(CC2CC2)C(N)=O)C1. The van der Waals surface area contributed by atoms with E-state index >= 15 is 0 Å². The number of nitrogens with two attached hydrogens (primary N) is 1. The summed E-state index contributed by atoms with van der Waals surface area (Å²) in [5.74, 6) is 0.828. The normalized spacial score (nSPS) is 26.3. The average Bonchev–Trinajstić information content (AvgIpc) is 3.00. The van der Waals surface area contributed by atoms with Crippen LogP contribution in [0.25, 0.3) is 0 Å². The highest BCUT2D eigenvalue weighted by Gasteiger charge is 2.39. The van der Waals surface area contributed by atoms with Gasteiger partial charge in [0.2, 0.25) is 11.8 Å². The molecule has 96 valence electrons. The number of hydrogen-bond acceptors (Lipinski definition) is 2. The van der Waals surface area contributed by atoms with E-state index in [4.69, 9.17) is 5.73 Å². The minimum atomic E-state index is -0.350. The lowest BCUT2D eigenvalue weighted by Gasteiger charge is -2.25. The van der Waals surface area contributed by atoms with E-state index in [9.17, 15) is 9.59 Å². The van der Waals surface area contributed by atoms with Gasteiger partial charge in [0, 0.05) is 13.0 Å². The summed E-state index contributed by atoms with van der Waals surface area (Å²) in [4.78, 5) is 25.2. The van der Waals surface area contributed by atoms with Crippen LogP contribution in [-0.2, 0) is 9.59 Å². The van der Waals surface area contributed by atoms with E-state index in [0.29, 0.717) is 18.3 Å². The number of likely N-dealkylation sites (tertiary alicyclic amines) is 1. The predicted molar refractivity (Wildman–Crippen MR) is 65.1 cm³/mol. The smallest absolute Gasteiger partial charge is 0.240 e. The molecule has 0 radical (unpaired) electrons. The molecule has 2 fully saturated rings. The summed E-state index contributed by atoms with van der Waals surface area (Å²) in [6.45, 7) is 2.86. The van der Waals surface area contributed by atoms with Gasteiger partial charge in [0.05, 0.1) is 0 Å². The van der Waals surface area contributed by atoms with Gasteiger partial charge in [-0.1, -0.05) is 26.2 Å². The van der Waals surface area contributed by atoms with E-state index in [2.05, 4.69) is 6.92 Å². The predicted octanol–water partition coefficient (Wildman–Crippen LogP) is 1.29. The van der Waals surface area contributed by atoms with Crippen LogP contribution in [-0.4, -0.2) is 29.3 Å². The zero-order valence-corrected chi connectivity index (χ0v) is 10.5. The fraction of sp³-hybridized carbons (Fsp3) is 0.846. The lowest BCUT2D eigenvalue weighted by atomic mass is 10.0. The van der Waals surface area contributed by atoms with Crippen molar-refractivity contribution >= 4 is 11.8 Å². The molecule has 17 heavy (non-hydrogen) atoms. The van der Waals surface area contributed by atoms with E-state index < -0.39 is 0 Å². The molecule has 0 spiro atoms. The fourth-order valence-corrected chi connectivity index (χ4v) is 2.78. The quantitative estimate of drug-likeness (QED) is 0.758. The van der Waals surface area contributed by atoms with Crippen LogP contribution < -0.4 is 5.73 Å². The Morgan fingerprint density at radius 3 is 2.71 bits per heavy atom. The molecule has 4 heteroatoms. The highest BCUT2D eigenvalue weighted by atomic mass is 16.2. The van der Waals surface area contributed by atoms with E-state index in [1.807, 2.05) is 0 Å². The van der Waals surface area contributed by atoms with Crippen molar-refractivity contribution in [2.45, 2.75) is 51.5 Å². The van der Waals surface area contributed by atoms with Crippen molar-refractivity contribution in [3.63, 3.8) is 0 Å². The molecule has 0 aromatic carbocycles. The lowest BCUT2D eigenvalue weighted by molar-refractivity contribution is -0.136. The van der Waals surface area contributed by atoms with Gasteiger partial charge in [-0.05, 0) is 24.7 Å². The van der Waals surface area contributed by atoms with Gasteiger partial charge in [0.25, 0.3) is 0 Å². The summed E-state index contributed by atoms with van der Waals surface area (Å²) in [6.07, 6.45) is 5.91. The molecule has 2 N–H and O–H groups in total. The maximum Gasteiger partial charge on any atom is 0.240 e. The molecule has 2 amide bonds. The van der Waals surface area contributed by atoms with Crippen LogP contribution in [0.4, 0.5) is 0 Å². The van der Waals surface area contributed by atoms with E-state index in [1.54, 1.807) is 4.90 Å². The molecule has 0 bridgehead atoms. The number of nitrogens with zero attached hydrogens (tertiary/aromatic N) is 1. The van der Waals surface area contributed by atoms with Gasteiger partial charge in [0.15, 0.2) is 0 Å². The van der Waals surface area contributed by atoms with Crippen molar-refractivity contribution in [2.75, 3.05) is 6.54 Å². The van der Waals surface area contributed by atoms with Crippen molar-refractivity contribution < 1.29 is 9.59 Å². The summed E-state index contributed by atoms with van der Waals surface area (Å²) in [5, 5.41) is 0. The van der Waals surface area contributed by atoms with Crippen LogP contribution in [0, 0.1) is 11.8 Å². The van der Waals surface area contributed by atoms with Gasteiger partial charge in [-0.2, -0.15) is 0 Å². The van der Waals surface area contributed by atoms with Crippen molar-refractivity contribution in [3.05, 3.63) is 0 Å². The monoisotopic (exact) mass is 238 g/mol. The lowest BCUT2D eigenvalue weighted by Crippen LogP contribution is -2.46. The first-order valence-electron chi connectivity index (χ1n) is 6.70. The molecule has 1 aliphatic heterocycles. The fourth-order valence-electron chi connectivity index (χ4n) is 2.78. The third-order valence-electron chi connectivity index (χ3n) is 3.89. The first-order valence-corrected chi connectivity index (χ1v) is 6.70. The van der Waals surface area contributed by atoms with Gasteiger partial charge < -0.3 is 10.6 Å². The number of carbonyl (C=O) groups is 2. The largest absolute Gasteiger partial charge is 0.368 e. The molecule has 2 atom stereocenters. The van der Waals surface area contributed by atoms with Crippen LogP contribution in [0.2, 0.25) is 0 Å². The van der Waals surface area contributed by atoms with Crippen molar-refractivity contribution in [2.24, 2.45) is 17.6 Å². The molecule has 2 rings (SSSR count). The molecule has 4 nitrogen and oxygen atoms in total. The minimum Gasteiger partial charge on any atom is -0.368 e. The van der Waals surface area contributed by atoms with Gasteiger partial charge in [-0.25, -0.2) is 0 Å². The number of carbonyl (C=O) groups excluding carboxylic acids is 2. The summed E-state index contributed by atoms with van der Waals surface area (Å²) in [6, 6.07) is -0.350. The Kier molecular flexibility index (Phi) is 3.69. The van der Waals surface area contributed by atoms with Crippen LogP contribution in [0.3, 0.4) is 0 Å². The maximum absolute atomic E-state index is 11.9. The summed E-state index contributed by atoms with van der Waals surface area (Å²) >= 11 is 0. The van der Waals surface area contributed by atoms with Gasteiger partial charge in [-0.3, -0.25) is 9.59 Å². The molecule has 2 aliphatic rings. The highest BCUT2D eigenvalue weighted by molar-refractivity contribution is 5.87.